The summed E-state index contributed by atoms with van der Waals surface area (Å²) in [7, 11) is 0. The fourth-order valence-electron chi connectivity index (χ4n) is 5.07. The number of benzene rings is 2. The van der Waals surface area contributed by atoms with E-state index in [0.717, 1.165) is 0 Å². The third-order valence-corrected chi connectivity index (χ3v) is 11.0. The van der Waals surface area contributed by atoms with Crippen LogP contribution in [-0.4, -0.2) is 9.13 Å². The molecule has 0 bridgehead atoms. The van der Waals surface area contributed by atoms with Gasteiger partial charge in [0.2, 0.25) is 0 Å². The van der Waals surface area contributed by atoms with Gasteiger partial charge >= 0.3 is 196 Å². The van der Waals surface area contributed by atoms with Gasteiger partial charge in [-0.25, -0.2) is 0 Å². The van der Waals surface area contributed by atoms with Gasteiger partial charge in [0, 0.05) is 0 Å². The number of aromatic nitrogens is 2. The largest absolute Gasteiger partial charge is 1.00 e. The van der Waals surface area contributed by atoms with E-state index in [-0.39, 0.29) is 24.8 Å². The second kappa shape index (κ2) is 9.67. The summed E-state index contributed by atoms with van der Waals surface area (Å²) in [5.41, 5.74) is 11.5. The fourth-order valence-corrected chi connectivity index (χ4v) is 9.87. The van der Waals surface area contributed by atoms with Crippen molar-refractivity contribution in [2.24, 2.45) is 0 Å². The molecule has 2 heterocycles. The molecule has 2 unspecified atom stereocenters. The maximum atomic E-state index is 2.49. The van der Waals surface area contributed by atoms with E-state index in [9.17, 15) is 0 Å². The van der Waals surface area contributed by atoms with Crippen molar-refractivity contribution in [2.45, 2.75) is 21.1 Å². The maximum Gasteiger partial charge on any atom is -1.00 e. The molecule has 164 valence electrons. The molecular formula is C28H24Cl2N2Zr. The van der Waals surface area contributed by atoms with Gasteiger partial charge in [0.25, 0.3) is 0 Å². The second-order valence-corrected chi connectivity index (χ2v) is 12.3. The fraction of sp³-hybridized carbons (Fsp3) is 0.143. The van der Waals surface area contributed by atoms with Crippen molar-refractivity contribution in [2.75, 3.05) is 0 Å². The molecule has 6 rings (SSSR count). The molecule has 2 aliphatic rings. The summed E-state index contributed by atoms with van der Waals surface area (Å²) in [6.07, 6.45) is 16.0. The smallest absolute Gasteiger partial charge is 1.00 e. The molecule has 0 fully saturated rings. The van der Waals surface area contributed by atoms with Crippen LogP contribution in [0.15, 0.2) is 85.5 Å². The van der Waals surface area contributed by atoms with Crippen LogP contribution in [-0.2, 0) is 23.2 Å². The summed E-state index contributed by atoms with van der Waals surface area (Å²) in [5.74, 6) is 0. The summed E-state index contributed by atoms with van der Waals surface area (Å²) in [6.45, 7) is 4.54. The van der Waals surface area contributed by atoms with E-state index in [1.54, 1.807) is 5.56 Å². The van der Waals surface area contributed by atoms with Crippen LogP contribution in [0.5, 0.6) is 0 Å². The molecule has 2 nitrogen and oxygen atoms in total. The standard InChI is InChI=1S/C15H14N.C13H10N.2ClH.Zr/c1-11-5-6-12(2)15-10-13(9-14(11)15)16-7-3-4-8-16;1-2-10-14(9-1)13-8-4-6-11-5-3-7-12(11)13;;;/h3-10H,1-2H3;1-10H;2*1H;/q;;;;+2/p-2. The van der Waals surface area contributed by atoms with E-state index in [2.05, 4.69) is 121 Å². The average molecular weight is 551 g/mol. The summed E-state index contributed by atoms with van der Waals surface area (Å²) in [4.78, 5) is 0. The predicted molar refractivity (Wildman–Crippen MR) is 125 cm³/mol. The van der Waals surface area contributed by atoms with Crippen molar-refractivity contribution >= 4 is 17.8 Å². The summed E-state index contributed by atoms with van der Waals surface area (Å²) >= 11 is -0.889. The van der Waals surface area contributed by atoms with Crippen LogP contribution in [0, 0.1) is 13.8 Å². The minimum absolute atomic E-state index is 0. The SMILES string of the molecule is Cc1ccc(C)c2c1C=C(n1cccc1)[CH]2[Zr+2][CH]1C=Cc2c1cccc2-n1cccc1.[Cl-].[Cl-]. The van der Waals surface area contributed by atoms with Crippen molar-refractivity contribution < 1.29 is 48.0 Å². The number of aryl methyl sites for hydroxylation is 2. The Morgan fingerprint density at radius 2 is 1.39 bits per heavy atom. The molecule has 2 atom stereocenters. The minimum Gasteiger partial charge on any atom is -1.00 e. The van der Waals surface area contributed by atoms with Gasteiger partial charge in [-0.1, -0.05) is 0 Å². The summed E-state index contributed by atoms with van der Waals surface area (Å²) < 4.78 is 5.73. The molecule has 2 aromatic carbocycles. The zero-order valence-electron chi connectivity index (χ0n) is 18.5. The maximum absolute atomic E-state index is 2.49. The molecule has 0 amide bonds. The molecule has 0 saturated carbocycles. The van der Waals surface area contributed by atoms with Crippen molar-refractivity contribution in [1.82, 2.24) is 9.13 Å². The third-order valence-electron chi connectivity index (χ3n) is 6.64. The van der Waals surface area contributed by atoms with Crippen LogP contribution in [0.3, 0.4) is 0 Å². The number of hydrogen-bond acceptors (Lipinski definition) is 0. The van der Waals surface area contributed by atoms with Gasteiger partial charge in [0.05, 0.1) is 0 Å². The van der Waals surface area contributed by atoms with E-state index in [1.165, 1.54) is 39.2 Å². The average Bonchev–Trinajstić information content (AvgIpc) is 3.58. The zero-order chi connectivity index (χ0) is 20.9. The van der Waals surface area contributed by atoms with E-state index < -0.39 is 23.2 Å². The van der Waals surface area contributed by atoms with Crippen LogP contribution < -0.4 is 24.8 Å². The van der Waals surface area contributed by atoms with Gasteiger partial charge in [-0.05, 0) is 0 Å². The Morgan fingerprint density at radius 3 is 2.12 bits per heavy atom. The first-order chi connectivity index (χ1) is 15.2. The summed E-state index contributed by atoms with van der Waals surface area (Å²) in [6, 6.07) is 19.9. The molecule has 0 radical (unpaired) electrons. The first kappa shape index (κ1) is 24.1. The molecule has 5 heteroatoms. The summed E-state index contributed by atoms with van der Waals surface area (Å²) in [5, 5.41) is 0. The zero-order valence-corrected chi connectivity index (χ0v) is 22.5. The Bertz CT molecular complexity index is 1330. The number of hydrogen-bond donors (Lipinski definition) is 0. The number of halogens is 2. The molecule has 0 aliphatic heterocycles. The molecule has 4 aromatic rings. The van der Waals surface area contributed by atoms with Gasteiger partial charge in [0.1, 0.15) is 0 Å². The topological polar surface area (TPSA) is 9.86 Å². The Morgan fingerprint density at radius 1 is 0.727 bits per heavy atom. The van der Waals surface area contributed by atoms with E-state index >= 15 is 0 Å². The third kappa shape index (κ3) is 4.05. The molecular weight excluding hydrogens is 526 g/mol. The number of rotatable bonds is 4. The van der Waals surface area contributed by atoms with Gasteiger partial charge in [0.15, 0.2) is 0 Å². The first-order valence-corrected chi connectivity index (χ1v) is 13.7. The molecule has 0 N–H and O–H groups in total. The monoisotopic (exact) mass is 548 g/mol. The van der Waals surface area contributed by atoms with Crippen molar-refractivity contribution in [1.29, 1.82) is 0 Å². The Balaban J connectivity index is 0.00000130. The van der Waals surface area contributed by atoms with Crippen LogP contribution in [0.4, 0.5) is 0 Å². The molecule has 2 aliphatic carbocycles. The van der Waals surface area contributed by atoms with Crippen LogP contribution >= 0.6 is 0 Å². The van der Waals surface area contributed by atoms with E-state index in [4.69, 9.17) is 0 Å². The predicted octanol–water partition coefficient (Wildman–Crippen LogP) is 0.807. The number of fused-ring (bicyclic) bond motifs is 2. The number of nitrogens with zero attached hydrogens (tertiary/aromatic N) is 2. The van der Waals surface area contributed by atoms with Gasteiger partial charge in [-0.15, -0.1) is 0 Å². The van der Waals surface area contributed by atoms with Crippen LogP contribution in [0.25, 0.3) is 23.5 Å². The molecule has 0 saturated heterocycles. The molecule has 33 heavy (non-hydrogen) atoms. The number of allylic oxidation sites excluding steroid dienone is 2. The molecule has 0 spiro atoms. The quantitative estimate of drug-likeness (QED) is 0.356. The second-order valence-electron chi connectivity index (χ2n) is 8.49. The van der Waals surface area contributed by atoms with Crippen molar-refractivity contribution in [3.05, 3.63) is 119 Å². The first-order valence-electron chi connectivity index (χ1n) is 10.9. The van der Waals surface area contributed by atoms with Crippen molar-refractivity contribution in [3.8, 4) is 5.69 Å². The van der Waals surface area contributed by atoms with Gasteiger partial charge in [-0.3, -0.25) is 0 Å². The molecule has 2 aromatic heterocycles. The van der Waals surface area contributed by atoms with Crippen molar-refractivity contribution in [3.63, 3.8) is 0 Å². The Labute approximate surface area is 219 Å². The van der Waals surface area contributed by atoms with E-state index in [0.29, 0.717) is 7.25 Å². The Hall–Kier alpha value is -2.06. The van der Waals surface area contributed by atoms with Gasteiger partial charge < -0.3 is 24.8 Å². The van der Waals surface area contributed by atoms with Gasteiger partial charge in [-0.2, -0.15) is 0 Å². The Kier molecular flexibility index (Phi) is 7.05. The normalized spacial score (nSPS) is 17.5. The van der Waals surface area contributed by atoms with E-state index in [1.807, 2.05) is 0 Å². The van der Waals surface area contributed by atoms with Crippen LogP contribution in [0.1, 0.15) is 40.6 Å². The van der Waals surface area contributed by atoms with Crippen LogP contribution in [0.2, 0.25) is 0 Å². The minimum atomic E-state index is -0.889.